The molecule has 0 amide bonds. The molecule has 0 radical (unpaired) electrons. The van der Waals surface area contributed by atoms with Crippen LogP contribution in [0.5, 0.6) is 0 Å². The van der Waals surface area contributed by atoms with E-state index in [1.807, 2.05) is 0 Å². The van der Waals surface area contributed by atoms with Crippen LogP contribution in [0.3, 0.4) is 0 Å². The Morgan fingerprint density at radius 1 is 1.43 bits per heavy atom. The van der Waals surface area contributed by atoms with Gasteiger partial charge >= 0.3 is 0 Å². The second-order valence-electron chi connectivity index (χ2n) is 4.43. The fourth-order valence-corrected chi connectivity index (χ4v) is 0.982. The maximum Gasteiger partial charge on any atom is 0.125 e. The summed E-state index contributed by atoms with van der Waals surface area (Å²) < 4.78 is 18.1. The lowest BCUT2D eigenvalue weighted by molar-refractivity contribution is 0.0814. The first kappa shape index (κ1) is 13.8. The molecular weight excluding hydrogens is 183 g/mol. The Labute approximate surface area is 86.2 Å². The minimum absolute atomic E-state index is 0.0534. The van der Waals surface area contributed by atoms with Gasteiger partial charge in [-0.2, -0.15) is 0 Å². The van der Waals surface area contributed by atoms with Crippen LogP contribution < -0.4 is 11.1 Å². The molecule has 0 heterocycles. The van der Waals surface area contributed by atoms with Gasteiger partial charge in [0, 0.05) is 12.1 Å². The van der Waals surface area contributed by atoms with Crippen molar-refractivity contribution < 1.29 is 9.13 Å². The summed E-state index contributed by atoms with van der Waals surface area (Å²) in [5.74, 6) is 0. The summed E-state index contributed by atoms with van der Waals surface area (Å²) in [6.45, 7) is 7.90. The van der Waals surface area contributed by atoms with Gasteiger partial charge < -0.3 is 15.8 Å². The zero-order chi connectivity index (χ0) is 11.0. The lowest BCUT2D eigenvalue weighted by atomic mass is 10.1. The molecule has 0 saturated carbocycles. The van der Waals surface area contributed by atoms with E-state index < -0.39 is 6.17 Å². The molecular formula is C10H23FN2O. The molecule has 0 aliphatic rings. The molecule has 0 aliphatic heterocycles. The Bertz CT molecular complexity index is 137. The van der Waals surface area contributed by atoms with Crippen molar-refractivity contribution in [2.75, 3.05) is 26.3 Å². The van der Waals surface area contributed by atoms with Gasteiger partial charge in [-0.15, -0.1) is 0 Å². The van der Waals surface area contributed by atoms with E-state index in [0.717, 1.165) is 0 Å². The van der Waals surface area contributed by atoms with Crippen molar-refractivity contribution in [1.29, 1.82) is 0 Å². The van der Waals surface area contributed by atoms with Crippen molar-refractivity contribution in [3.63, 3.8) is 0 Å². The maximum atomic E-state index is 13.1. The zero-order valence-electron chi connectivity index (χ0n) is 9.48. The van der Waals surface area contributed by atoms with E-state index in [9.17, 15) is 4.39 Å². The Kier molecular flexibility index (Phi) is 7.05. The van der Waals surface area contributed by atoms with Crippen LogP contribution in [0.2, 0.25) is 0 Å². The first-order valence-electron chi connectivity index (χ1n) is 5.12. The highest BCUT2D eigenvalue weighted by Gasteiger charge is 2.11. The van der Waals surface area contributed by atoms with E-state index in [4.69, 9.17) is 10.5 Å². The molecule has 0 aromatic carbocycles. The quantitative estimate of drug-likeness (QED) is 0.613. The van der Waals surface area contributed by atoms with E-state index in [0.29, 0.717) is 26.1 Å². The standard InChI is InChI=1S/C10H23FN2O/c1-10(2,3)13-6-4-9(11)8-14-7-5-12/h9,13H,4-8,12H2,1-3H3. The Morgan fingerprint density at radius 2 is 2.07 bits per heavy atom. The average molecular weight is 206 g/mol. The second kappa shape index (κ2) is 7.15. The van der Waals surface area contributed by atoms with Crippen LogP contribution in [-0.2, 0) is 4.74 Å². The number of hydrogen-bond donors (Lipinski definition) is 2. The molecule has 0 spiro atoms. The van der Waals surface area contributed by atoms with Gasteiger partial charge in [-0.05, 0) is 33.7 Å². The first-order chi connectivity index (χ1) is 6.45. The predicted molar refractivity (Wildman–Crippen MR) is 57.1 cm³/mol. The number of nitrogens with one attached hydrogen (secondary N) is 1. The molecule has 86 valence electrons. The molecule has 3 nitrogen and oxygen atoms in total. The smallest absolute Gasteiger partial charge is 0.125 e. The Morgan fingerprint density at radius 3 is 2.57 bits per heavy atom. The molecule has 1 atom stereocenters. The third kappa shape index (κ3) is 9.89. The summed E-state index contributed by atoms with van der Waals surface area (Å²) in [6, 6.07) is 0. The van der Waals surface area contributed by atoms with Crippen LogP contribution in [0.25, 0.3) is 0 Å². The van der Waals surface area contributed by atoms with E-state index >= 15 is 0 Å². The van der Waals surface area contributed by atoms with Gasteiger partial charge in [0.25, 0.3) is 0 Å². The van der Waals surface area contributed by atoms with Crippen LogP contribution in [-0.4, -0.2) is 38.0 Å². The molecule has 14 heavy (non-hydrogen) atoms. The van der Waals surface area contributed by atoms with Gasteiger partial charge in [0.1, 0.15) is 6.17 Å². The lowest BCUT2D eigenvalue weighted by Gasteiger charge is -2.21. The van der Waals surface area contributed by atoms with E-state index in [1.54, 1.807) is 0 Å². The topological polar surface area (TPSA) is 47.3 Å². The van der Waals surface area contributed by atoms with Gasteiger partial charge in [0.15, 0.2) is 0 Å². The Balaban J connectivity index is 3.31. The molecule has 0 saturated heterocycles. The molecule has 3 N–H and O–H groups in total. The minimum atomic E-state index is -0.892. The zero-order valence-corrected chi connectivity index (χ0v) is 9.48. The van der Waals surface area contributed by atoms with Crippen LogP contribution >= 0.6 is 0 Å². The van der Waals surface area contributed by atoms with Crippen LogP contribution in [0.1, 0.15) is 27.2 Å². The molecule has 4 heteroatoms. The number of nitrogens with two attached hydrogens (primary N) is 1. The Hall–Kier alpha value is -0.190. The van der Waals surface area contributed by atoms with Gasteiger partial charge in [-0.1, -0.05) is 0 Å². The number of ether oxygens (including phenoxy) is 1. The van der Waals surface area contributed by atoms with Crippen LogP contribution in [0.15, 0.2) is 0 Å². The third-order valence-electron chi connectivity index (χ3n) is 1.67. The maximum absolute atomic E-state index is 13.1. The lowest BCUT2D eigenvalue weighted by Crippen LogP contribution is -2.37. The third-order valence-corrected chi connectivity index (χ3v) is 1.67. The van der Waals surface area contributed by atoms with Crippen molar-refractivity contribution in [3.05, 3.63) is 0 Å². The van der Waals surface area contributed by atoms with Gasteiger partial charge in [-0.25, -0.2) is 4.39 Å². The number of rotatable bonds is 7. The number of hydrogen-bond acceptors (Lipinski definition) is 3. The fourth-order valence-electron chi connectivity index (χ4n) is 0.982. The second-order valence-corrected chi connectivity index (χ2v) is 4.43. The van der Waals surface area contributed by atoms with Gasteiger partial charge in [0.2, 0.25) is 0 Å². The monoisotopic (exact) mass is 206 g/mol. The highest BCUT2D eigenvalue weighted by molar-refractivity contribution is 4.71. The number of halogens is 1. The number of alkyl halides is 1. The summed E-state index contributed by atoms with van der Waals surface area (Å²) in [5, 5.41) is 3.22. The van der Waals surface area contributed by atoms with E-state index in [-0.39, 0.29) is 12.1 Å². The van der Waals surface area contributed by atoms with Crippen molar-refractivity contribution in [2.24, 2.45) is 5.73 Å². The summed E-state index contributed by atoms with van der Waals surface area (Å²) in [7, 11) is 0. The van der Waals surface area contributed by atoms with Gasteiger partial charge in [0.05, 0.1) is 13.2 Å². The molecule has 0 aromatic rings. The van der Waals surface area contributed by atoms with Crippen LogP contribution in [0.4, 0.5) is 4.39 Å². The van der Waals surface area contributed by atoms with E-state index in [1.165, 1.54) is 0 Å². The minimum Gasteiger partial charge on any atom is -0.377 e. The fraction of sp³-hybridized carbons (Fsp3) is 1.00. The molecule has 0 aromatic heterocycles. The van der Waals surface area contributed by atoms with Gasteiger partial charge in [-0.3, -0.25) is 0 Å². The SMILES string of the molecule is CC(C)(C)NCCC(F)COCCN. The first-order valence-corrected chi connectivity index (χ1v) is 5.12. The van der Waals surface area contributed by atoms with Crippen molar-refractivity contribution >= 4 is 0 Å². The van der Waals surface area contributed by atoms with Crippen molar-refractivity contribution in [2.45, 2.75) is 38.9 Å². The highest BCUT2D eigenvalue weighted by atomic mass is 19.1. The molecule has 0 bridgehead atoms. The summed E-state index contributed by atoms with van der Waals surface area (Å²) in [4.78, 5) is 0. The summed E-state index contributed by atoms with van der Waals surface area (Å²) in [5.41, 5.74) is 5.27. The van der Waals surface area contributed by atoms with Crippen LogP contribution in [0, 0.1) is 0 Å². The molecule has 0 rings (SSSR count). The average Bonchev–Trinajstić information content (AvgIpc) is 2.02. The van der Waals surface area contributed by atoms with Crippen molar-refractivity contribution in [3.8, 4) is 0 Å². The molecule has 0 fully saturated rings. The molecule has 1 unspecified atom stereocenters. The largest absolute Gasteiger partial charge is 0.377 e. The highest BCUT2D eigenvalue weighted by Crippen LogP contribution is 2.02. The summed E-state index contributed by atoms with van der Waals surface area (Å²) in [6.07, 6.45) is -0.404. The van der Waals surface area contributed by atoms with E-state index in [2.05, 4.69) is 26.1 Å². The normalized spacial score (nSPS) is 14.4. The molecule has 0 aliphatic carbocycles. The van der Waals surface area contributed by atoms with Crippen molar-refractivity contribution in [1.82, 2.24) is 5.32 Å². The predicted octanol–water partition coefficient (Wildman–Crippen LogP) is 1.08. The summed E-state index contributed by atoms with van der Waals surface area (Å²) >= 11 is 0.